The van der Waals surface area contributed by atoms with Crippen molar-refractivity contribution in [2.24, 2.45) is 5.16 Å². The van der Waals surface area contributed by atoms with E-state index in [2.05, 4.69) is 10.5 Å². The number of nitrogens with zero attached hydrogens (tertiary/aromatic N) is 2. The lowest BCUT2D eigenvalue weighted by Gasteiger charge is -2.25. The van der Waals surface area contributed by atoms with Crippen molar-refractivity contribution in [1.82, 2.24) is 10.2 Å². The maximum atomic E-state index is 12.4. The van der Waals surface area contributed by atoms with Gasteiger partial charge >= 0.3 is 6.03 Å². The third kappa shape index (κ3) is 4.59. The van der Waals surface area contributed by atoms with Crippen LogP contribution in [-0.4, -0.2) is 35.8 Å². The van der Waals surface area contributed by atoms with E-state index in [-0.39, 0.29) is 12.1 Å². The van der Waals surface area contributed by atoms with Crippen LogP contribution in [-0.2, 0) is 11.4 Å². The zero-order chi connectivity index (χ0) is 17.5. The van der Waals surface area contributed by atoms with E-state index in [1.165, 1.54) is 0 Å². The van der Waals surface area contributed by atoms with Crippen molar-refractivity contribution in [1.29, 1.82) is 0 Å². The highest BCUT2D eigenvalue weighted by Crippen LogP contribution is 2.18. The number of carbonyl (C=O) groups excluding carboxylic acids is 1. The average Bonchev–Trinajstić information content (AvgIpc) is 3.12. The first kappa shape index (κ1) is 17.0. The third-order valence-electron chi connectivity index (χ3n) is 4.10. The van der Waals surface area contributed by atoms with E-state index in [4.69, 9.17) is 4.84 Å². The summed E-state index contributed by atoms with van der Waals surface area (Å²) in [5.41, 5.74) is 3.09. The van der Waals surface area contributed by atoms with Gasteiger partial charge in [0.15, 0.2) is 6.10 Å². The quantitative estimate of drug-likeness (QED) is 0.878. The molecule has 2 aromatic carbocycles. The zero-order valence-electron chi connectivity index (χ0n) is 14.4. The van der Waals surface area contributed by atoms with Crippen LogP contribution in [0, 0.1) is 0 Å². The van der Waals surface area contributed by atoms with E-state index in [1.54, 1.807) is 4.90 Å². The van der Waals surface area contributed by atoms with Gasteiger partial charge < -0.3 is 15.1 Å². The van der Waals surface area contributed by atoms with Crippen molar-refractivity contribution >= 4 is 11.7 Å². The molecule has 5 nitrogen and oxygen atoms in total. The Morgan fingerprint density at radius 3 is 2.52 bits per heavy atom. The molecule has 0 radical (unpaired) electrons. The molecule has 5 heteroatoms. The van der Waals surface area contributed by atoms with Crippen LogP contribution in [0.15, 0.2) is 65.8 Å². The van der Waals surface area contributed by atoms with Gasteiger partial charge in [0.25, 0.3) is 0 Å². The van der Waals surface area contributed by atoms with Gasteiger partial charge in [0.05, 0.1) is 12.3 Å². The summed E-state index contributed by atoms with van der Waals surface area (Å²) in [7, 11) is 0. The summed E-state index contributed by atoms with van der Waals surface area (Å²) in [4.78, 5) is 19.8. The molecular formula is C20H23N3O2. The fraction of sp³-hybridized carbons (Fsp3) is 0.300. The summed E-state index contributed by atoms with van der Waals surface area (Å²) in [6.45, 7) is 3.57. The molecular weight excluding hydrogens is 314 g/mol. The van der Waals surface area contributed by atoms with E-state index in [1.807, 2.05) is 67.6 Å². The molecule has 0 aliphatic carbocycles. The smallest absolute Gasteiger partial charge is 0.317 e. The lowest BCUT2D eigenvalue weighted by atomic mass is 10.0. The van der Waals surface area contributed by atoms with Gasteiger partial charge in [0.1, 0.15) is 0 Å². The molecule has 3 rings (SSSR count). The van der Waals surface area contributed by atoms with Crippen LogP contribution in [0.25, 0.3) is 0 Å². The molecule has 0 fully saturated rings. The highest BCUT2D eigenvalue weighted by Gasteiger charge is 2.26. The summed E-state index contributed by atoms with van der Waals surface area (Å²) < 4.78 is 0. The first-order valence-electron chi connectivity index (χ1n) is 8.61. The molecule has 1 N–H and O–H groups in total. The fourth-order valence-electron chi connectivity index (χ4n) is 2.86. The van der Waals surface area contributed by atoms with Crippen molar-refractivity contribution in [3.05, 3.63) is 71.8 Å². The number of amides is 2. The van der Waals surface area contributed by atoms with E-state index in [0.29, 0.717) is 26.1 Å². The molecule has 25 heavy (non-hydrogen) atoms. The topological polar surface area (TPSA) is 53.9 Å². The summed E-state index contributed by atoms with van der Waals surface area (Å²) in [5.74, 6) is 0. The first-order chi connectivity index (χ1) is 12.3. The van der Waals surface area contributed by atoms with E-state index in [9.17, 15) is 4.79 Å². The minimum absolute atomic E-state index is 0.0804. The van der Waals surface area contributed by atoms with Crippen LogP contribution in [0.3, 0.4) is 0 Å². The molecule has 1 aliphatic rings. The molecule has 0 spiro atoms. The molecule has 1 aliphatic heterocycles. The third-order valence-corrected chi connectivity index (χ3v) is 4.10. The lowest BCUT2D eigenvalue weighted by molar-refractivity contribution is 0.0590. The van der Waals surface area contributed by atoms with Crippen LogP contribution in [0.5, 0.6) is 0 Å². The van der Waals surface area contributed by atoms with Crippen molar-refractivity contribution in [2.75, 3.05) is 13.1 Å². The second-order valence-corrected chi connectivity index (χ2v) is 6.04. The minimum Gasteiger partial charge on any atom is -0.390 e. The van der Waals surface area contributed by atoms with Crippen LogP contribution < -0.4 is 5.32 Å². The Bertz CT molecular complexity index is 716. The van der Waals surface area contributed by atoms with E-state index in [0.717, 1.165) is 16.8 Å². The molecule has 0 aromatic heterocycles. The first-order valence-corrected chi connectivity index (χ1v) is 8.61. The van der Waals surface area contributed by atoms with Crippen molar-refractivity contribution in [3.63, 3.8) is 0 Å². The van der Waals surface area contributed by atoms with Gasteiger partial charge in [-0.25, -0.2) is 4.79 Å². The second kappa shape index (κ2) is 8.33. The minimum atomic E-state index is -0.124. The molecule has 1 atom stereocenters. The Kier molecular flexibility index (Phi) is 5.67. The molecule has 0 saturated heterocycles. The molecule has 0 saturated carbocycles. The monoisotopic (exact) mass is 337 g/mol. The fourth-order valence-corrected chi connectivity index (χ4v) is 2.86. The molecule has 2 amide bonds. The van der Waals surface area contributed by atoms with Gasteiger partial charge in [-0.3, -0.25) is 0 Å². The van der Waals surface area contributed by atoms with Crippen LogP contribution >= 0.6 is 0 Å². The standard InChI is InChI=1S/C20H23N3O2/c1-2-21-20(24)23(14-16-9-5-3-6-10-16)15-18-13-19(22-25-18)17-11-7-4-8-12-17/h3-12,18H,2,13-15H2,1H3,(H,21,24). The zero-order valence-corrected chi connectivity index (χ0v) is 14.4. The van der Waals surface area contributed by atoms with Gasteiger partial charge in [-0.15, -0.1) is 0 Å². The predicted octanol–water partition coefficient (Wildman–Crippen LogP) is 3.41. The number of hydrogen-bond donors (Lipinski definition) is 1. The van der Waals surface area contributed by atoms with Crippen molar-refractivity contribution in [2.45, 2.75) is 26.0 Å². The highest BCUT2D eigenvalue weighted by molar-refractivity contribution is 6.01. The average molecular weight is 337 g/mol. The maximum Gasteiger partial charge on any atom is 0.317 e. The maximum absolute atomic E-state index is 12.4. The van der Waals surface area contributed by atoms with E-state index < -0.39 is 0 Å². The lowest BCUT2D eigenvalue weighted by Crippen LogP contribution is -2.43. The summed E-state index contributed by atoms with van der Waals surface area (Å²) in [6, 6.07) is 19.9. The summed E-state index contributed by atoms with van der Waals surface area (Å²) >= 11 is 0. The van der Waals surface area contributed by atoms with E-state index >= 15 is 0 Å². The number of oxime groups is 1. The number of carbonyl (C=O) groups is 1. The Balaban J connectivity index is 1.64. The Hall–Kier alpha value is -2.82. The van der Waals surface area contributed by atoms with Gasteiger partial charge in [-0.1, -0.05) is 65.8 Å². The second-order valence-electron chi connectivity index (χ2n) is 6.04. The van der Waals surface area contributed by atoms with Gasteiger partial charge in [-0.2, -0.15) is 0 Å². The Labute approximate surface area is 148 Å². The number of benzene rings is 2. The van der Waals surface area contributed by atoms with Gasteiger partial charge in [-0.05, 0) is 18.1 Å². The Morgan fingerprint density at radius 1 is 1.16 bits per heavy atom. The number of hydrogen-bond acceptors (Lipinski definition) is 3. The molecule has 130 valence electrons. The molecule has 1 heterocycles. The van der Waals surface area contributed by atoms with Crippen LogP contribution in [0.2, 0.25) is 0 Å². The molecule has 0 bridgehead atoms. The summed E-state index contributed by atoms with van der Waals surface area (Å²) in [6.07, 6.45) is 0.579. The normalized spacial score (nSPS) is 16.0. The summed E-state index contributed by atoms with van der Waals surface area (Å²) in [5, 5.41) is 7.09. The molecule has 1 unspecified atom stereocenters. The largest absolute Gasteiger partial charge is 0.390 e. The number of nitrogens with one attached hydrogen (secondary N) is 1. The number of rotatable bonds is 6. The molecule has 2 aromatic rings. The number of urea groups is 1. The highest BCUT2D eigenvalue weighted by atomic mass is 16.6. The SMILES string of the molecule is CCNC(=O)N(Cc1ccccc1)CC1CC(c2ccccc2)=NO1. The van der Waals surface area contributed by atoms with Crippen molar-refractivity contribution in [3.8, 4) is 0 Å². The van der Waals surface area contributed by atoms with Gasteiger partial charge in [0.2, 0.25) is 0 Å². The van der Waals surface area contributed by atoms with Crippen LogP contribution in [0.4, 0.5) is 4.79 Å². The van der Waals surface area contributed by atoms with Crippen LogP contribution in [0.1, 0.15) is 24.5 Å². The Morgan fingerprint density at radius 2 is 1.84 bits per heavy atom. The predicted molar refractivity (Wildman–Crippen MR) is 98.4 cm³/mol. The van der Waals surface area contributed by atoms with Gasteiger partial charge in [0, 0.05) is 19.5 Å². The van der Waals surface area contributed by atoms with Crippen molar-refractivity contribution < 1.29 is 9.63 Å².